The standard InChI is InChI=1S/C22H19ClFN9O.C2HF3O2/c23-20-16(24)7-17(29-12-34)22(31-20)32-6-3-13(9-32)18(1-4-25)33-10-14(8-30-33)19-15-2-5-26-21(15)28-11-27-19;3-2(4,5)1(6)7/h2,5,7-8,10-13,18H,1,3,6,9H2,(H,29,34)(H,26,27,28);(H,6,7)/t13-,18?;/m0./s1. The van der Waals surface area contributed by atoms with Crippen molar-refractivity contribution in [2.24, 2.45) is 5.92 Å². The Morgan fingerprint density at radius 1 is 1.39 bits per heavy atom. The Labute approximate surface area is 233 Å². The van der Waals surface area contributed by atoms with Gasteiger partial charge >= 0.3 is 12.1 Å². The van der Waals surface area contributed by atoms with Crippen LogP contribution in [0.3, 0.4) is 0 Å². The predicted molar refractivity (Wildman–Crippen MR) is 137 cm³/mol. The number of aliphatic carboxylic acids is 1. The summed E-state index contributed by atoms with van der Waals surface area (Å²) in [6, 6.07) is 5.14. The molecular formula is C24H20ClF4N9O3. The highest BCUT2D eigenvalue weighted by atomic mass is 35.5. The second-order valence-corrected chi connectivity index (χ2v) is 9.15. The topological polar surface area (TPSA) is 166 Å². The number of anilines is 2. The van der Waals surface area contributed by atoms with Gasteiger partial charge in [0.25, 0.3) is 0 Å². The lowest BCUT2D eigenvalue weighted by atomic mass is 9.96. The molecule has 12 nitrogen and oxygen atoms in total. The summed E-state index contributed by atoms with van der Waals surface area (Å²) in [5.41, 5.74) is 2.57. The molecule has 2 atom stereocenters. The fourth-order valence-electron chi connectivity index (χ4n) is 4.48. The molecule has 0 aromatic carbocycles. The maximum atomic E-state index is 13.9. The highest BCUT2D eigenvalue weighted by Crippen LogP contribution is 2.37. The number of nitriles is 1. The molecule has 4 aromatic rings. The number of hydrogen-bond donors (Lipinski definition) is 3. The molecule has 5 rings (SSSR count). The van der Waals surface area contributed by atoms with Gasteiger partial charge in [-0.2, -0.15) is 23.5 Å². The van der Waals surface area contributed by atoms with Crippen molar-refractivity contribution in [2.45, 2.75) is 25.1 Å². The second kappa shape index (κ2) is 12.2. The number of carbonyl (C=O) groups excluding carboxylic acids is 1. The van der Waals surface area contributed by atoms with Crippen LogP contribution in [-0.4, -0.2) is 66.5 Å². The first-order valence-electron chi connectivity index (χ1n) is 11.8. The maximum Gasteiger partial charge on any atom is 0.490 e. The number of carbonyl (C=O) groups is 2. The van der Waals surface area contributed by atoms with Crippen LogP contribution in [0.1, 0.15) is 18.9 Å². The lowest BCUT2D eigenvalue weighted by Crippen LogP contribution is -2.26. The number of nitrogens with one attached hydrogen (secondary N) is 2. The van der Waals surface area contributed by atoms with E-state index >= 15 is 0 Å². The van der Waals surface area contributed by atoms with Crippen LogP contribution in [0.15, 0.2) is 37.1 Å². The molecule has 1 unspecified atom stereocenters. The summed E-state index contributed by atoms with van der Waals surface area (Å²) >= 11 is 5.90. The van der Waals surface area contributed by atoms with E-state index in [1.54, 1.807) is 6.20 Å². The first-order chi connectivity index (χ1) is 19.5. The minimum absolute atomic E-state index is 0.0692. The average molecular weight is 594 g/mol. The fraction of sp³-hybridized carbons (Fsp3) is 0.292. The van der Waals surface area contributed by atoms with Crippen molar-refractivity contribution < 1.29 is 32.3 Å². The molecule has 5 heterocycles. The van der Waals surface area contributed by atoms with Gasteiger partial charge in [-0.25, -0.2) is 24.1 Å². The second-order valence-electron chi connectivity index (χ2n) is 8.79. The quantitative estimate of drug-likeness (QED) is 0.162. The summed E-state index contributed by atoms with van der Waals surface area (Å²) in [6.07, 6.45) is 3.35. The number of aromatic nitrogens is 6. The van der Waals surface area contributed by atoms with Crippen molar-refractivity contribution in [1.29, 1.82) is 5.26 Å². The van der Waals surface area contributed by atoms with Gasteiger partial charge < -0.3 is 20.3 Å². The van der Waals surface area contributed by atoms with Crippen LogP contribution in [0, 0.1) is 23.1 Å². The zero-order valence-electron chi connectivity index (χ0n) is 20.8. The van der Waals surface area contributed by atoms with Crippen LogP contribution in [0.2, 0.25) is 5.15 Å². The van der Waals surface area contributed by atoms with Gasteiger partial charge in [0.15, 0.2) is 16.8 Å². The summed E-state index contributed by atoms with van der Waals surface area (Å²) in [5, 5.41) is 24.3. The van der Waals surface area contributed by atoms with Gasteiger partial charge in [-0.15, -0.1) is 0 Å². The number of alkyl halides is 3. The Bertz CT molecular complexity index is 1600. The normalized spacial score (nSPS) is 15.6. The maximum absolute atomic E-state index is 13.9. The average Bonchev–Trinajstić information content (AvgIpc) is 3.70. The number of hydrogen-bond acceptors (Lipinski definition) is 8. The molecule has 3 N–H and O–H groups in total. The highest BCUT2D eigenvalue weighted by molar-refractivity contribution is 6.29. The third kappa shape index (κ3) is 6.52. The number of carboxylic acid groups (broad SMARTS) is 1. The van der Waals surface area contributed by atoms with Gasteiger partial charge in [-0.05, 0) is 12.5 Å². The third-order valence-corrected chi connectivity index (χ3v) is 6.57. The highest BCUT2D eigenvalue weighted by Gasteiger charge is 2.38. The summed E-state index contributed by atoms with van der Waals surface area (Å²) in [6.45, 7) is 1.15. The zero-order valence-corrected chi connectivity index (χ0v) is 21.6. The van der Waals surface area contributed by atoms with Crippen LogP contribution in [0.5, 0.6) is 0 Å². The molecule has 1 amide bonds. The first kappa shape index (κ1) is 29.2. The molecule has 4 aromatic heterocycles. The Kier molecular flexibility index (Phi) is 8.67. The van der Waals surface area contributed by atoms with Gasteiger partial charge in [0.2, 0.25) is 6.41 Å². The third-order valence-electron chi connectivity index (χ3n) is 6.31. The van der Waals surface area contributed by atoms with Crippen LogP contribution in [-0.2, 0) is 9.59 Å². The van der Waals surface area contributed by atoms with Crippen molar-refractivity contribution in [3.63, 3.8) is 0 Å². The minimum Gasteiger partial charge on any atom is -0.475 e. The number of amides is 1. The van der Waals surface area contributed by atoms with Crippen molar-refractivity contribution in [2.75, 3.05) is 23.3 Å². The van der Waals surface area contributed by atoms with Gasteiger partial charge in [0.1, 0.15) is 12.0 Å². The van der Waals surface area contributed by atoms with E-state index in [4.69, 9.17) is 21.5 Å². The van der Waals surface area contributed by atoms with E-state index in [-0.39, 0.29) is 29.2 Å². The summed E-state index contributed by atoms with van der Waals surface area (Å²) < 4.78 is 47.4. The number of rotatable bonds is 7. The number of aromatic amines is 1. The minimum atomic E-state index is -5.08. The molecule has 1 aliphatic heterocycles. The Morgan fingerprint density at radius 3 is 2.83 bits per heavy atom. The van der Waals surface area contributed by atoms with E-state index in [2.05, 4.69) is 36.4 Å². The first-order valence-corrected chi connectivity index (χ1v) is 12.2. The molecule has 214 valence electrons. The molecule has 41 heavy (non-hydrogen) atoms. The van der Waals surface area contributed by atoms with Gasteiger partial charge in [-0.1, -0.05) is 11.6 Å². The molecule has 1 aliphatic rings. The van der Waals surface area contributed by atoms with Crippen molar-refractivity contribution in [3.05, 3.63) is 48.0 Å². The number of nitrogens with zero attached hydrogens (tertiary/aromatic N) is 7. The summed E-state index contributed by atoms with van der Waals surface area (Å²) in [7, 11) is 0. The fourth-order valence-corrected chi connectivity index (χ4v) is 4.61. The molecule has 1 fully saturated rings. The van der Waals surface area contributed by atoms with Gasteiger partial charge in [-0.3, -0.25) is 9.48 Å². The van der Waals surface area contributed by atoms with Crippen molar-refractivity contribution in [3.8, 4) is 17.3 Å². The largest absolute Gasteiger partial charge is 0.490 e. The van der Waals surface area contributed by atoms with E-state index in [9.17, 15) is 27.6 Å². The van der Waals surface area contributed by atoms with E-state index in [0.29, 0.717) is 25.3 Å². The van der Waals surface area contributed by atoms with E-state index < -0.39 is 18.0 Å². The number of fused-ring (bicyclic) bond motifs is 1. The lowest BCUT2D eigenvalue weighted by Gasteiger charge is -2.24. The Balaban J connectivity index is 0.000000493. The molecule has 17 heteroatoms. The van der Waals surface area contributed by atoms with Crippen molar-refractivity contribution >= 4 is 46.5 Å². The van der Waals surface area contributed by atoms with Crippen molar-refractivity contribution in [1.82, 2.24) is 29.7 Å². The number of H-pyrrole nitrogens is 1. The number of pyridine rings is 1. The molecular weight excluding hydrogens is 574 g/mol. The monoisotopic (exact) mass is 593 g/mol. The van der Waals surface area contributed by atoms with Gasteiger partial charge in [0, 0.05) is 48.4 Å². The molecule has 0 saturated carbocycles. The summed E-state index contributed by atoms with van der Waals surface area (Å²) in [4.78, 5) is 37.7. The molecule has 0 spiro atoms. The molecule has 0 radical (unpaired) electrons. The van der Waals surface area contributed by atoms with E-state index in [0.717, 1.165) is 34.8 Å². The van der Waals surface area contributed by atoms with E-state index in [1.807, 2.05) is 28.0 Å². The zero-order chi connectivity index (χ0) is 29.7. The van der Waals surface area contributed by atoms with Gasteiger partial charge in [0.05, 0.1) is 36.1 Å². The van der Waals surface area contributed by atoms with Crippen LogP contribution in [0.25, 0.3) is 22.3 Å². The van der Waals surface area contributed by atoms with Crippen LogP contribution in [0.4, 0.5) is 29.1 Å². The molecule has 0 aliphatic carbocycles. The molecule has 0 bridgehead atoms. The van der Waals surface area contributed by atoms with Crippen LogP contribution >= 0.6 is 11.6 Å². The number of carboxylic acids is 1. The predicted octanol–water partition coefficient (Wildman–Crippen LogP) is 4.19. The van der Waals surface area contributed by atoms with Crippen LogP contribution < -0.4 is 10.2 Å². The molecule has 1 saturated heterocycles. The number of halogens is 5. The Hall–Kier alpha value is -4.78. The SMILES string of the molecule is N#CCC([C@H]1CCN(c2nc(Cl)c(F)cc2NC=O)C1)n1cc(-c2ncnc3[nH]ccc23)cn1.O=C(O)C(F)(F)F. The smallest absolute Gasteiger partial charge is 0.475 e. The summed E-state index contributed by atoms with van der Waals surface area (Å²) in [5.74, 6) is -3.00. The van der Waals surface area contributed by atoms with E-state index in [1.165, 1.54) is 6.33 Å². The Morgan fingerprint density at radius 2 is 2.15 bits per heavy atom. The lowest BCUT2D eigenvalue weighted by molar-refractivity contribution is -0.192.